The molecule has 7 nitrogen and oxygen atoms in total. The predicted octanol–water partition coefficient (Wildman–Crippen LogP) is 12.4. The topological polar surface area (TPSA) is 90.7 Å². The molecular formula is C50H33N5O2. The van der Waals surface area contributed by atoms with Crippen molar-refractivity contribution in [1.29, 1.82) is 0 Å². The number of furan rings is 2. The molecule has 0 N–H and O–H groups in total. The normalized spacial score (nSPS) is 15.5. The second-order valence-corrected chi connectivity index (χ2v) is 14.7. The Labute approximate surface area is 327 Å². The fourth-order valence-corrected chi connectivity index (χ4v) is 7.90. The van der Waals surface area contributed by atoms with E-state index in [1.807, 2.05) is 103 Å². The van der Waals surface area contributed by atoms with Gasteiger partial charge in [-0.05, 0) is 42.3 Å². The molecule has 1 unspecified atom stereocenters. The molecule has 0 saturated heterocycles. The lowest BCUT2D eigenvalue weighted by atomic mass is 9.76. The molecule has 0 spiro atoms. The largest absolute Gasteiger partial charge is 0.455 e. The molecular weight excluding hydrogens is 703 g/mol. The average molecular weight is 736 g/mol. The highest BCUT2D eigenvalue weighted by Gasteiger charge is 2.26. The number of aromatic nitrogens is 5. The monoisotopic (exact) mass is 735 g/mol. The smallest absolute Gasteiger partial charge is 0.180 e. The van der Waals surface area contributed by atoms with Crippen LogP contribution in [-0.2, 0) is 5.41 Å². The quantitative estimate of drug-likeness (QED) is 0.168. The summed E-state index contributed by atoms with van der Waals surface area (Å²) in [5, 5.41) is 2.88. The van der Waals surface area contributed by atoms with Gasteiger partial charge >= 0.3 is 0 Å². The van der Waals surface area contributed by atoms with Crippen LogP contribution >= 0.6 is 0 Å². The maximum atomic E-state index is 6.76. The van der Waals surface area contributed by atoms with E-state index >= 15 is 0 Å². The molecule has 4 aromatic heterocycles. The van der Waals surface area contributed by atoms with Crippen molar-refractivity contribution in [2.24, 2.45) is 0 Å². The molecule has 0 amide bonds. The van der Waals surface area contributed by atoms with Crippen LogP contribution in [0.15, 0.2) is 179 Å². The minimum atomic E-state index is -0.111. The highest BCUT2D eigenvalue weighted by atomic mass is 16.3. The van der Waals surface area contributed by atoms with Crippen LogP contribution in [0.1, 0.15) is 24.7 Å². The summed E-state index contributed by atoms with van der Waals surface area (Å²) in [6.07, 6.45) is 7.47. The van der Waals surface area contributed by atoms with Crippen molar-refractivity contribution >= 4 is 49.6 Å². The fraction of sp³-hybridized carbons (Fsp3) is 0.0600. The summed E-state index contributed by atoms with van der Waals surface area (Å²) in [6, 6.07) is 51.0. The van der Waals surface area contributed by atoms with E-state index in [4.69, 9.17) is 33.8 Å². The lowest BCUT2D eigenvalue weighted by Crippen LogP contribution is -2.20. The van der Waals surface area contributed by atoms with E-state index in [-0.39, 0.29) is 5.41 Å². The predicted molar refractivity (Wildman–Crippen MR) is 227 cm³/mol. The van der Waals surface area contributed by atoms with Crippen LogP contribution in [0.3, 0.4) is 0 Å². The summed E-state index contributed by atoms with van der Waals surface area (Å²) < 4.78 is 13.1. The zero-order valence-corrected chi connectivity index (χ0v) is 30.9. The Morgan fingerprint density at radius 3 is 1.93 bits per heavy atom. The molecule has 0 radical (unpaired) electrons. The Bertz CT molecular complexity index is 3220. The number of rotatable bonds is 6. The molecule has 0 bridgehead atoms. The van der Waals surface area contributed by atoms with Crippen molar-refractivity contribution in [2.45, 2.75) is 18.8 Å². The minimum Gasteiger partial charge on any atom is -0.455 e. The van der Waals surface area contributed by atoms with E-state index in [9.17, 15) is 0 Å². The molecule has 11 rings (SSSR count). The molecule has 270 valence electrons. The molecule has 1 atom stereocenters. The van der Waals surface area contributed by atoms with Gasteiger partial charge in [0.25, 0.3) is 0 Å². The zero-order chi connectivity index (χ0) is 37.9. The van der Waals surface area contributed by atoms with E-state index in [1.54, 1.807) is 0 Å². The van der Waals surface area contributed by atoms with E-state index in [2.05, 4.69) is 73.7 Å². The van der Waals surface area contributed by atoms with Gasteiger partial charge in [0.2, 0.25) is 0 Å². The van der Waals surface area contributed by atoms with Crippen LogP contribution in [0.5, 0.6) is 0 Å². The van der Waals surface area contributed by atoms with Crippen molar-refractivity contribution in [3.63, 3.8) is 0 Å². The van der Waals surface area contributed by atoms with Gasteiger partial charge < -0.3 is 8.83 Å². The summed E-state index contributed by atoms with van der Waals surface area (Å²) in [6.45, 7) is 2.26. The molecule has 0 aliphatic heterocycles. The Balaban J connectivity index is 1.04. The Morgan fingerprint density at radius 2 is 1.16 bits per heavy atom. The summed E-state index contributed by atoms with van der Waals surface area (Å²) >= 11 is 0. The van der Waals surface area contributed by atoms with Crippen LogP contribution in [0.4, 0.5) is 0 Å². The van der Waals surface area contributed by atoms with Crippen molar-refractivity contribution in [3.8, 4) is 45.4 Å². The van der Waals surface area contributed by atoms with E-state index in [0.717, 1.165) is 67.2 Å². The lowest BCUT2D eigenvalue weighted by molar-refractivity contribution is 0.601. The van der Waals surface area contributed by atoms with Gasteiger partial charge in [0.05, 0.1) is 5.56 Å². The van der Waals surface area contributed by atoms with Crippen LogP contribution in [-0.4, -0.2) is 24.9 Å². The maximum absolute atomic E-state index is 6.76. The number of benzene rings is 6. The van der Waals surface area contributed by atoms with Gasteiger partial charge in [-0.1, -0.05) is 146 Å². The Hall–Kier alpha value is -7.51. The second-order valence-electron chi connectivity index (χ2n) is 14.7. The summed E-state index contributed by atoms with van der Waals surface area (Å²) in [7, 11) is 0. The number of nitrogens with zero attached hydrogens (tertiary/aromatic N) is 5. The molecule has 57 heavy (non-hydrogen) atoms. The number of hydrogen-bond donors (Lipinski definition) is 0. The first-order valence-electron chi connectivity index (χ1n) is 19.1. The van der Waals surface area contributed by atoms with Gasteiger partial charge in [-0.25, -0.2) is 24.9 Å². The maximum Gasteiger partial charge on any atom is 0.180 e. The first-order valence-corrected chi connectivity index (χ1v) is 19.1. The molecule has 0 saturated carbocycles. The first kappa shape index (κ1) is 32.9. The number of para-hydroxylation sites is 2. The summed E-state index contributed by atoms with van der Waals surface area (Å²) in [4.78, 5) is 25.3. The van der Waals surface area contributed by atoms with Crippen molar-refractivity contribution < 1.29 is 8.83 Å². The van der Waals surface area contributed by atoms with Crippen LogP contribution in [0.2, 0.25) is 0 Å². The number of hydrogen-bond acceptors (Lipinski definition) is 7. The lowest BCUT2D eigenvalue weighted by Gasteiger charge is -2.28. The molecule has 10 aromatic rings. The van der Waals surface area contributed by atoms with E-state index in [0.29, 0.717) is 40.0 Å². The summed E-state index contributed by atoms with van der Waals surface area (Å²) in [5.41, 5.74) is 9.96. The van der Waals surface area contributed by atoms with Gasteiger partial charge in [0.15, 0.2) is 28.9 Å². The van der Waals surface area contributed by atoms with E-state index in [1.165, 1.54) is 5.56 Å². The van der Waals surface area contributed by atoms with Crippen molar-refractivity contribution in [3.05, 3.63) is 181 Å². The van der Waals surface area contributed by atoms with Gasteiger partial charge in [-0.3, -0.25) is 0 Å². The number of fused-ring (bicyclic) bond motifs is 6. The SMILES string of the molecule is CC1(c2ccccc2)C=CC(c2nc(-c3ccccc3)nc(-c3ccc4c(c3)oc3c(-c5nc(-c6ccccc6)c6oc7ccccc7c6n5)cccc34)n2)=CC1. The van der Waals surface area contributed by atoms with Crippen molar-refractivity contribution in [1.82, 2.24) is 24.9 Å². The first-order chi connectivity index (χ1) is 28.1. The Morgan fingerprint density at radius 1 is 0.491 bits per heavy atom. The van der Waals surface area contributed by atoms with Crippen LogP contribution in [0, 0.1) is 0 Å². The van der Waals surface area contributed by atoms with Gasteiger partial charge in [0.1, 0.15) is 28.0 Å². The summed E-state index contributed by atoms with van der Waals surface area (Å²) in [5.74, 6) is 2.37. The third kappa shape index (κ3) is 5.63. The molecule has 7 heteroatoms. The van der Waals surface area contributed by atoms with Gasteiger partial charge in [0, 0.05) is 43.8 Å². The van der Waals surface area contributed by atoms with Crippen LogP contribution < -0.4 is 0 Å². The Kier molecular flexibility index (Phi) is 7.54. The van der Waals surface area contributed by atoms with E-state index < -0.39 is 0 Å². The zero-order valence-electron chi connectivity index (χ0n) is 30.9. The second kappa shape index (κ2) is 13.1. The highest BCUT2D eigenvalue weighted by molar-refractivity contribution is 6.11. The molecule has 0 fully saturated rings. The highest BCUT2D eigenvalue weighted by Crippen LogP contribution is 2.40. The standard InChI is InChI=1S/C50H33N5O2/c1-50(35-18-9-4-10-19-35)28-26-33(27-29-50)47-53-46(32-16-7-3-8-17-32)54-48(55-47)34-24-25-36-37-21-13-22-39(44(37)57-41(36)30-34)49-51-42(31-14-5-2-6-15-31)45-43(52-49)38-20-11-12-23-40(38)56-45/h2-28,30H,29H2,1H3. The van der Waals surface area contributed by atoms with Crippen molar-refractivity contribution in [2.75, 3.05) is 0 Å². The number of allylic oxidation sites excluding steroid dienone is 4. The average Bonchev–Trinajstić information content (AvgIpc) is 3.85. The molecule has 6 aromatic carbocycles. The van der Waals surface area contributed by atoms with Crippen LogP contribution in [0.25, 0.3) is 95.0 Å². The minimum absolute atomic E-state index is 0.111. The van der Waals surface area contributed by atoms with Gasteiger partial charge in [-0.15, -0.1) is 0 Å². The van der Waals surface area contributed by atoms with Gasteiger partial charge in [-0.2, -0.15) is 0 Å². The molecule has 1 aliphatic carbocycles. The molecule has 1 aliphatic rings. The fourth-order valence-electron chi connectivity index (χ4n) is 7.90. The third-order valence-corrected chi connectivity index (χ3v) is 11.0. The molecule has 4 heterocycles. The third-order valence-electron chi connectivity index (χ3n) is 11.0.